The molecule has 0 amide bonds. The Bertz CT molecular complexity index is 417. The zero-order chi connectivity index (χ0) is 9.26. The Hall–Kier alpha value is -1.28. The first-order chi connectivity index (χ1) is 6.31. The fraction of sp³-hybridized carbons (Fsp3) is 0.273. The number of aryl methyl sites for hydroxylation is 1. The minimum atomic E-state index is 0.618. The first-order valence-electron chi connectivity index (χ1n) is 4.35. The molecule has 0 aliphatic heterocycles. The first-order valence-corrected chi connectivity index (χ1v) is 4.35. The molecule has 0 fully saturated rings. The fourth-order valence-electron chi connectivity index (χ4n) is 1.55. The lowest BCUT2D eigenvalue weighted by Crippen LogP contribution is -1.97. The number of hydrogen-bond donors (Lipinski definition) is 0. The minimum absolute atomic E-state index is 0.618. The van der Waals surface area contributed by atoms with E-state index in [1.807, 2.05) is 6.20 Å². The van der Waals surface area contributed by atoms with Gasteiger partial charge in [-0.15, -0.1) is 0 Å². The van der Waals surface area contributed by atoms with Crippen LogP contribution >= 0.6 is 0 Å². The lowest BCUT2D eigenvalue weighted by atomic mass is 10.2. The molecule has 0 bridgehead atoms. The van der Waals surface area contributed by atoms with Crippen LogP contribution in [0, 0.1) is 6.92 Å². The molecule has 0 saturated heterocycles. The van der Waals surface area contributed by atoms with Crippen LogP contribution in [0.25, 0.3) is 10.9 Å². The summed E-state index contributed by atoms with van der Waals surface area (Å²) in [6.45, 7) is 2.72. The van der Waals surface area contributed by atoms with E-state index in [-0.39, 0.29) is 0 Å². The zero-order valence-corrected chi connectivity index (χ0v) is 7.95. The molecule has 1 heterocycles. The largest absolute Gasteiger partial charge is 0.364 e. The molecular weight excluding hydrogens is 162 g/mol. The van der Waals surface area contributed by atoms with Gasteiger partial charge in [-0.05, 0) is 30.0 Å². The monoisotopic (exact) mass is 175 g/mol. The smallest absolute Gasteiger partial charge is 0.122 e. The van der Waals surface area contributed by atoms with Gasteiger partial charge in [-0.2, -0.15) is 0 Å². The maximum atomic E-state index is 5.10. The van der Waals surface area contributed by atoms with E-state index in [1.165, 1.54) is 16.5 Å². The fourth-order valence-corrected chi connectivity index (χ4v) is 1.55. The van der Waals surface area contributed by atoms with E-state index in [0.717, 1.165) is 0 Å². The minimum Gasteiger partial charge on any atom is -0.364 e. The van der Waals surface area contributed by atoms with Crippen LogP contribution in [0.3, 0.4) is 0 Å². The van der Waals surface area contributed by atoms with Crippen LogP contribution < -0.4 is 0 Å². The van der Waals surface area contributed by atoms with Crippen molar-refractivity contribution in [2.75, 3.05) is 7.11 Å². The third-order valence-electron chi connectivity index (χ3n) is 2.20. The summed E-state index contributed by atoms with van der Waals surface area (Å²) in [5, 5.41) is 1.27. The average Bonchev–Trinajstić information content (AvgIpc) is 2.49. The predicted molar refractivity (Wildman–Crippen MR) is 53.7 cm³/mol. The number of ether oxygens (including phenoxy) is 1. The summed E-state index contributed by atoms with van der Waals surface area (Å²) in [6, 6.07) is 8.54. The number of nitrogens with zero attached hydrogens (tertiary/aromatic N) is 1. The molecule has 13 heavy (non-hydrogen) atoms. The number of hydrogen-bond acceptors (Lipinski definition) is 1. The molecule has 0 N–H and O–H groups in total. The molecule has 2 rings (SSSR count). The van der Waals surface area contributed by atoms with E-state index in [0.29, 0.717) is 6.73 Å². The second kappa shape index (κ2) is 3.23. The molecule has 68 valence electrons. The summed E-state index contributed by atoms with van der Waals surface area (Å²) in [6.07, 6.45) is 2.05. The van der Waals surface area contributed by atoms with Gasteiger partial charge in [0.1, 0.15) is 6.73 Å². The highest BCUT2D eigenvalue weighted by Crippen LogP contribution is 2.17. The Kier molecular flexibility index (Phi) is 2.07. The Morgan fingerprint density at radius 1 is 1.31 bits per heavy atom. The van der Waals surface area contributed by atoms with E-state index in [9.17, 15) is 0 Å². The lowest BCUT2D eigenvalue weighted by molar-refractivity contribution is 0.135. The average molecular weight is 175 g/mol. The van der Waals surface area contributed by atoms with Gasteiger partial charge >= 0.3 is 0 Å². The summed E-state index contributed by atoms with van der Waals surface area (Å²) in [7, 11) is 1.71. The summed E-state index contributed by atoms with van der Waals surface area (Å²) >= 11 is 0. The van der Waals surface area contributed by atoms with Crippen LogP contribution in [-0.4, -0.2) is 11.7 Å². The van der Waals surface area contributed by atoms with Crippen molar-refractivity contribution >= 4 is 10.9 Å². The summed E-state index contributed by atoms with van der Waals surface area (Å²) < 4.78 is 7.20. The SMILES string of the molecule is COCn1ccc2ccc(C)cc21. The predicted octanol–water partition coefficient (Wildman–Crippen LogP) is 2.55. The molecular formula is C11H13NO. The maximum absolute atomic E-state index is 5.10. The quantitative estimate of drug-likeness (QED) is 0.684. The first kappa shape index (κ1) is 8.32. The molecule has 0 unspecified atom stereocenters. The van der Waals surface area contributed by atoms with Gasteiger partial charge in [0.05, 0.1) is 5.52 Å². The van der Waals surface area contributed by atoms with E-state index in [2.05, 4.69) is 35.8 Å². The van der Waals surface area contributed by atoms with Crippen LogP contribution in [0.15, 0.2) is 30.5 Å². The van der Waals surface area contributed by atoms with Crippen LogP contribution in [0.4, 0.5) is 0 Å². The highest BCUT2D eigenvalue weighted by atomic mass is 16.5. The third-order valence-corrected chi connectivity index (χ3v) is 2.20. The second-order valence-corrected chi connectivity index (χ2v) is 3.27. The summed E-state index contributed by atoms with van der Waals surface area (Å²) in [4.78, 5) is 0. The lowest BCUT2D eigenvalue weighted by Gasteiger charge is -2.03. The van der Waals surface area contributed by atoms with E-state index in [1.54, 1.807) is 7.11 Å². The Morgan fingerprint density at radius 3 is 2.92 bits per heavy atom. The summed E-state index contributed by atoms with van der Waals surface area (Å²) in [5.41, 5.74) is 2.52. The van der Waals surface area contributed by atoms with Gasteiger partial charge in [0.2, 0.25) is 0 Å². The normalized spacial score (nSPS) is 10.9. The van der Waals surface area contributed by atoms with E-state index < -0.39 is 0 Å². The highest BCUT2D eigenvalue weighted by Gasteiger charge is 1.99. The van der Waals surface area contributed by atoms with Gasteiger partial charge in [0.25, 0.3) is 0 Å². The van der Waals surface area contributed by atoms with Gasteiger partial charge in [0.15, 0.2) is 0 Å². The van der Waals surface area contributed by atoms with Gasteiger partial charge in [0, 0.05) is 13.3 Å². The number of aromatic nitrogens is 1. The van der Waals surface area contributed by atoms with Crippen molar-refractivity contribution in [3.8, 4) is 0 Å². The zero-order valence-electron chi connectivity index (χ0n) is 7.95. The highest BCUT2D eigenvalue weighted by molar-refractivity contribution is 5.80. The van der Waals surface area contributed by atoms with Crippen molar-refractivity contribution in [2.24, 2.45) is 0 Å². The van der Waals surface area contributed by atoms with Gasteiger partial charge in [-0.1, -0.05) is 12.1 Å². The molecule has 1 aromatic heterocycles. The Morgan fingerprint density at radius 2 is 2.15 bits per heavy atom. The number of rotatable bonds is 2. The topological polar surface area (TPSA) is 14.2 Å². The third kappa shape index (κ3) is 1.45. The van der Waals surface area contributed by atoms with Crippen LogP contribution in [0.2, 0.25) is 0 Å². The molecule has 0 aliphatic rings. The van der Waals surface area contributed by atoms with Gasteiger partial charge in [-0.3, -0.25) is 0 Å². The van der Waals surface area contributed by atoms with Crippen LogP contribution in [0.5, 0.6) is 0 Å². The van der Waals surface area contributed by atoms with Gasteiger partial charge < -0.3 is 9.30 Å². The molecule has 2 aromatic rings. The molecule has 2 nitrogen and oxygen atoms in total. The van der Waals surface area contributed by atoms with Crippen LogP contribution in [0.1, 0.15) is 5.56 Å². The Labute approximate surface area is 77.7 Å². The molecule has 0 spiro atoms. The van der Waals surface area contributed by atoms with Crippen molar-refractivity contribution in [3.63, 3.8) is 0 Å². The Balaban J connectivity index is 2.58. The molecule has 0 saturated carbocycles. The van der Waals surface area contributed by atoms with Crippen molar-refractivity contribution in [3.05, 3.63) is 36.0 Å². The molecule has 0 aliphatic carbocycles. The standard InChI is InChI=1S/C11H13NO/c1-9-3-4-10-5-6-12(8-13-2)11(10)7-9/h3-7H,8H2,1-2H3. The van der Waals surface area contributed by atoms with E-state index >= 15 is 0 Å². The second-order valence-electron chi connectivity index (χ2n) is 3.27. The molecule has 0 radical (unpaired) electrons. The summed E-state index contributed by atoms with van der Waals surface area (Å²) in [5.74, 6) is 0. The molecule has 2 heteroatoms. The van der Waals surface area contributed by atoms with Crippen molar-refractivity contribution < 1.29 is 4.74 Å². The van der Waals surface area contributed by atoms with Crippen molar-refractivity contribution in [1.29, 1.82) is 0 Å². The maximum Gasteiger partial charge on any atom is 0.122 e. The van der Waals surface area contributed by atoms with Crippen molar-refractivity contribution in [2.45, 2.75) is 13.7 Å². The van der Waals surface area contributed by atoms with Gasteiger partial charge in [-0.25, -0.2) is 0 Å². The van der Waals surface area contributed by atoms with E-state index in [4.69, 9.17) is 4.74 Å². The van der Waals surface area contributed by atoms with Crippen LogP contribution in [-0.2, 0) is 11.5 Å². The number of benzene rings is 1. The molecule has 1 aromatic carbocycles. The number of methoxy groups -OCH3 is 1. The number of fused-ring (bicyclic) bond motifs is 1. The molecule has 0 atom stereocenters. The van der Waals surface area contributed by atoms with Crippen molar-refractivity contribution in [1.82, 2.24) is 4.57 Å².